The highest BCUT2D eigenvalue weighted by molar-refractivity contribution is 9.10. The number of fused-ring (bicyclic) bond motifs is 1. The summed E-state index contributed by atoms with van der Waals surface area (Å²) in [5.41, 5.74) is 7.62. The standard InChI is InChI=1S/C15H20BrNO/c1-18-15-3-2-13(16)7-12(15)8-14(17)11-5-9-4-10(9)6-11/h2-3,7,9-11,14H,4-6,8,17H2,1H3. The van der Waals surface area contributed by atoms with E-state index in [1.807, 2.05) is 12.1 Å². The van der Waals surface area contributed by atoms with E-state index in [9.17, 15) is 0 Å². The van der Waals surface area contributed by atoms with E-state index in [2.05, 4.69) is 22.0 Å². The summed E-state index contributed by atoms with van der Waals surface area (Å²) in [6, 6.07) is 6.44. The van der Waals surface area contributed by atoms with E-state index >= 15 is 0 Å². The molecule has 0 radical (unpaired) electrons. The van der Waals surface area contributed by atoms with Gasteiger partial charge in [0.25, 0.3) is 0 Å². The van der Waals surface area contributed by atoms with E-state index in [1.165, 1.54) is 24.8 Å². The van der Waals surface area contributed by atoms with E-state index in [1.54, 1.807) is 7.11 Å². The first-order valence-electron chi connectivity index (χ1n) is 6.75. The van der Waals surface area contributed by atoms with Crippen molar-refractivity contribution in [3.63, 3.8) is 0 Å². The molecule has 18 heavy (non-hydrogen) atoms. The van der Waals surface area contributed by atoms with Crippen LogP contribution in [0.15, 0.2) is 22.7 Å². The number of halogens is 1. The van der Waals surface area contributed by atoms with Gasteiger partial charge in [0.2, 0.25) is 0 Å². The minimum absolute atomic E-state index is 0.279. The molecule has 2 aliphatic rings. The van der Waals surface area contributed by atoms with Crippen molar-refractivity contribution in [1.82, 2.24) is 0 Å². The molecule has 0 amide bonds. The van der Waals surface area contributed by atoms with Crippen molar-refractivity contribution in [3.8, 4) is 5.75 Å². The lowest BCUT2D eigenvalue weighted by atomic mass is 9.90. The molecule has 3 rings (SSSR count). The summed E-state index contributed by atoms with van der Waals surface area (Å²) in [6.45, 7) is 0. The van der Waals surface area contributed by atoms with Gasteiger partial charge in [-0.1, -0.05) is 15.9 Å². The minimum Gasteiger partial charge on any atom is -0.496 e. The van der Waals surface area contributed by atoms with E-state index < -0.39 is 0 Å². The zero-order valence-corrected chi connectivity index (χ0v) is 12.3. The van der Waals surface area contributed by atoms with Gasteiger partial charge in [0.1, 0.15) is 5.75 Å². The third kappa shape index (κ3) is 2.43. The van der Waals surface area contributed by atoms with Crippen LogP contribution < -0.4 is 10.5 Å². The van der Waals surface area contributed by atoms with Crippen molar-refractivity contribution in [2.75, 3.05) is 7.11 Å². The smallest absolute Gasteiger partial charge is 0.122 e. The molecular formula is C15H20BrNO. The van der Waals surface area contributed by atoms with Crippen molar-refractivity contribution < 1.29 is 4.74 Å². The van der Waals surface area contributed by atoms with Crippen LogP contribution in [0.4, 0.5) is 0 Å². The Morgan fingerprint density at radius 1 is 1.33 bits per heavy atom. The molecule has 0 bridgehead atoms. The fourth-order valence-corrected chi connectivity index (χ4v) is 3.85. The van der Waals surface area contributed by atoms with Gasteiger partial charge in [0.05, 0.1) is 7.11 Å². The van der Waals surface area contributed by atoms with Crippen LogP contribution in [0.5, 0.6) is 5.75 Å². The van der Waals surface area contributed by atoms with Gasteiger partial charge >= 0.3 is 0 Å². The second-order valence-electron chi connectivity index (χ2n) is 5.81. The van der Waals surface area contributed by atoms with Crippen LogP contribution in [-0.2, 0) is 6.42 Å². The lowest BCUT2D eigenvalue weighted by Gasteiger charge is -2.21. The molecule has 3 heteroatoms. The molecule has 1 aromatic carbocycles. The molecule has 3 atom stereocenters. The van der Waals surface area contributed by atoms with Gasteiger partial charge in [-0.05, 0) is 67.2 Å². The maximum Gasteiger partial charge on any atom is 0.122 e. The molecule has 2 fully saturated rings. The molecule has 2 nitrogen and oxygen atoms in total. The van der Waals surface area contributed by atoms with Crippen molar-refractivity contribution in [3.05, 3.63) is 28.2 Å². The van der Waals surface area contributed by atoms with Gasteiger partial charge in [-0.25, -0.2) is 0 Å². The van der Waals surface area contributed by atoms with Crippen LogP contribution in [-0.4, -0.2) is 13.2 Å². The van der Waals surface area contributed by atoms with Crippen LogP contribution in [0.25, 0.3) is 0 Å². The Hall–Kier alpha value is -0.540. The average Bonchev–Trinajstić information content (AvgIpc) is 2.96. The third-order valence-corrected chi connectivity index (χ3v) is 5.08. The fourth-order valence-electron chi connectivity index (χ4n) is 3.44. The molecule has 0 aliphatic heterocycles. The zero-order chi connectivity index (χ0) is 12.7. The lowest BCUT2D eigenvalue weighted by Crippen LogP contribution is -2.31. The van der Waals surface area contributed by atoms with Crippen LogP contribution in [0.1, 0.15) is 24.8 Å². The number of hydrogen-bond acceptors (Lipinski definition) is 2. The van der Waals surface area contributed by atoms with E-state index in [0.717, 1.165) is 34.4 Å². The van der Waals surface area contributed by atoms with Crippen molar-refractivity contribution in [2.24, 2.45) is 23.5 Å². The predicted molar refractivity (Wildman–Crippen MR) is 76.7 cm³/mol. The zero-order valence-electron chi connectivity index (χ0n) is 10.7. The van der Waals surface area contributed by atoms with Crippen LogP contribution >= 0.6 is 15.9 Å². The molecule has 2 aliphatic carbocycles. The quantitative estimate of drug-likeness (QED) is 0.925. The monoisotopic (exact) mass is 309 g/mol. The van der Waals surface area contributed by atoms with E-state index in [-0.39, 0.29) is 6.04 Å². The topological polar surface area (TPSA) is 35.2 Å². The Bertz CT molecular complexity index is 438. The number of methoxy groups -OCH3 is 1. The molecule has 0 spiro atoms. The lowest BCUT2D eigenvalue weighted by molar-refractivity contribution is 0.378. The number of benzene rings is 1. The first-order valence-corrected chi connectivity index (χ1v) is 7.54. The Morgan fingerprint density at radius 2 is 2.06 bits per heavy atom. The molecule has 0 aromatic heterocycles. The summed E-state index contributed by atoms with van der Waals surface area (Å²) in [5.74, 6) is 3.69. The summed E-state index contributed by atoms with van der Waals surface area (Å²) in [6.07, 6.45) is 5.08. The third-order valence-electron chi connectivity index (χ3n) is 4.58. The Kier molecular flexibility index (Phi) is 3.37. The second-order valence-corrected chi connectivity index (χ2v) is 6.73. The number of ether oxygens (including phenoxy) is 1. The summed E-state index contributed by atoms with van der Waals surface area (Å²) < 4.78 is 6.51. The largest absolute Gasteiger partial charge is 0.496 e. The SMILES string of the molecule is COc1ccc(Br)cc1CC(N)C1CC2CC2C1. The van der Waals surface area contributed by atoms with Crippen molar-refractivity contribution in [1.29, 1.82) is 0 Å². The number of nitrogens with two attached hydrogens (primary N) is 1. The maximum absolute atomic E-state index is 6.40. The van der Waals surface area contributed by atoms with Crippen molar-refractivity contribution in [2.45, 2.75) is 31.7 Å². The van der Waals surface area contributed by atoms with Crippen LogP contribution in [0, 0.1) is 17.8 Å². The van der Waals surface area contributed by atoms with Crippen LogP contribution in [0.2, 0.25) is 0 Å². The highest BCUT2D eigenvalue weighted by Gasteiger charge is 2.47. The first kappa shape index (κ1) is 12.5. The first-order chi connectivity index (χ1) is 8.67. The highest BCUT2D eigenvalue weighted by atomic mass is 79.9. The summed E-state index contributed by atoms with van der Waals surface area (Å²) in [5, 5.41) is 0. The Labute approximate surface area is 117 Å². The van der Waals surface area contributed by atoms with Crippen molar-refractivity contribution >= 4 is 15.9 Å². The Morgan fingerprint density at radius 3 is 2.72 bits per heavy atom. The summed E-state index contributed by atoms with van der Waals surface area (Å²) in [4.78, 5) is 0. The van der Waals surface area contributed by atoms with Gasteiger partial charge in [-0.3, -0.25) is 0 Å². The maximum atomic E-state index is 6.40. The van der Waals surface area contributed by atoms with E-state index in [4.69, 9.17) is 10.5 Å². The average molecular weight is 310 g/mol. The molecule has 0 saturated heterocycles. The van der Waals surface area contributed by atoms with Gasteiger partial charge < -0.3 is 10.5 Å². The summed E-state index contributed by atoms with van der Waals surface area (Å²) >= 11 is 3.52. The predicted octanol–water partition coefficient (Wildman–Crippen LogP) is 3.37. The molecular weight excluding hydrogens is 290 g/mol. The molecule has 98 valence electrons. The van der Waals surface area contributed by atoms with Gasteiger partial charge in [0.15, 0.2) is 0 Å². The Balaban J connectivity index is 1.69. The number of hydrogen-bond donors (Lipinski definition) is 1. The molecule has 2 saturated carbocycles. The summed E-state index contributed by atoms with van der Waals surface area (Å²) in [7, 11) is 1.73. The molecule has 2 N–H and O–H groups in total. The molecule has 0 heterocycles. The van der Waals surface area contributed by atoms with E-state index in [0.29, 0.717) is 0 Å². The van der Waals surface area contributed by atoms with Crippen LogP contribution in [0.3, 0.4) is 0 Å². The molecule has 1 aromatic rings. The minimum atomic E-state index is 0.279. The van der Waals surface area contributed by atoms with Gasteiger partial charge in [-0.15, -0.1) is 0 Å². The highest BCUT2D eigenvalue weighted by Crippen LogP contribution is 2.55. The van der Waals surface area contributed by atoms with Gasteiger partial charge in [-0.2, -0.15) is 0 Å². The normalized spacial score (nSPS) is 30.9. The molecule has 3 unspecified atom stereocenters. The fraction of sp³-hybridized carbons (Fsp3) is 0.600. The number of rotatable bonds is 4. The second kappa shape index (κ2) is 4.86. The van der Waals surface area contributed by atoms with Gasteiger partial charge in [0, 0.05) is 10.5 Å².